The average molecular weight is 471 g/mol. The molecule has 2 heterocycles. The number of nitrogens with zero attached hydrogens (tertiary/aromatic N) is 5. The van der Waals surface area contributed by atoms with Gasteiger partial charge < -0.3 is 4.98 Å². The van der Waals surface area contributed by atoms with Gasteiger partial charge in [-0.15, -0.1) is 5.10 Å². The highest BCUT2D eigenvalue weighted by molar-refractivity contribution is 5.79. The van der Waals surface area contributed by atoms with Gasteiger partial charge in [0.05, 0.1) is 6.04 Å². The van der Waals surface area contributed by atoms with Crippen molar-refractivity contribution in [2.24, 2.45) is 0 Å². The summed E-state index contributed by atoms with van der Waals surface area (Å²) in [5.41, 5.74) is 4.13. The second-order valence-electron chi connectivity index (χ2n) is 9.74. The fourth-order valence-electron chi connectivity index (χ4n) is 5.47. The molecular weight excluding hydrogens is 436 g/mol. The maximum absolute atomic E-state index is 13.1. The van der Waals surface area contributed by atoms with Crippen LogP contribution in [-0.4, -0.2) is 36.1 Å². The Morgan fingerprint density at radius 1 is 1.11 bits per heavy atom. The van der Waals surface area contributed by atoms with Gasteiger partial charge in [0.2, 0.25) is 0 Å². The van der Waals surface area contributed by atoms with E-state index in [1.807, 2.05) is 22.9 Å². The first-order valence-corrected chi connectivity index (χ1v) is 12.8. The fourth-order valence-corrected chi connectivity index (χ4v) is 5.47. The van der Waals surface area contributed by atoms with Crippen molar-refractivity contribution in [3.8, 4) is 0 Å². The largest absolute Gasteiger partial charge is 0.322 e. The lowest BCUT2D eigenvalue weighted by Crippen LogP contribution is -2.39. The van der Waals surface area contributed by atoms with E-state index in [-0.39, 0.29) is 11.6 Å². The predicted molar refractivity (Wildman–Crippen MR) is 138 cm³/mol. The lowest BCUT2D eigenvalue weighted by Gasteiger charge is -2.35. The normalized spacial score (nSPS) is 15.3. The van der Waals surface area contributed by atoms with Crippen LogP contribution in [0.3, 0.4) is 0 Å². The number of rotatable bonds is 9. The number of fused-ring (bicyclic) bond motifs is 1. The minimum Gasteiger partial charge on any atom is -0.322 e. The number of hydrogen-bond donors (Lipinski definition) is 1. The second-order valence-corrected chi connectivity index (χ2v) is 9.74. The van der Waals surface area contributed by atoms with Gasteiger partial charge in [-0.25, -0.2) is 4.68 Å². The minimum atomic E-state index is -0.0112. The molecule has 5 rings (SSSR count). The van der Waals surface area contributed by atoms with Gasteiger partial charge >= 0.3 is 0 Å². The van der Waals surface area contributed by atoms with E-state index in [9.17, 15) is 4.79 Å². The molecule has 1 atom stereocenters. The summed E-state index contributed by atoms with van der Waals surface area (Å²) in [5, 5.41) is 14.0. The molecule has 0 bridgehead atoms. The van der Waals surface area contributed by atoms with Crippen molar-refractivity contribution < 1.29 is 0 Å². The summed E-state index contributed by atoms with van der Waals surface area (Å²) in [6.45, 7) is 5.60. The molecule has 182 valence electrons. The first-order chi connectivity index (χ1) is 17.1. The van der Waals surface area contributed by atoms with Crippen LogP contribution in [0.15, 0.2) is 59.4 Å². The Balaban J connectivity index is 1.45. The zero-order valence-corrected chi connectivity index (χ0v) is 20.7. The molecule has 1 saturated carbocycles. The Kier molecular flexibility index (Phi) is 7.04. The summed E-state index contributed by atoms with van der Waals surface area (Å²) in [6.07, 6.45) is 6.50. The fraction of sp³-hybridized carbons (Fsp3) is 0.429. The number of benzene rings is 2. The molecule has 2 aromatic carbocycles. The van der Waals surface area contributed by atoms with Crippen molar-refractivity contribution >= 4 is 10.9 Å². The number of tetrazole rings is 1. The Morgan fingerprint density at radius 2 is 1.91 bits per heavy atom. The minimum absolute atomic E-state index is 0.0112. The van der Waals surface area contributed by atoms with E-state index in [4.69, 9.17) is 0 Å². The number of aromatic amines is 1. The molecule has 0 radical (unpaired) electrons. The second kappa shape index (κ2) is 10.5. The summed E-state index contributed by atoms with van der Waals surface area (Å²) < 4.78 is 1.96. The van der Waals surface area contributed by atoms with Gasteiger partial charge in [-0.2, -0.15) is 0 Å². The zero-order valence-electron chi connectivity index (χ0n) is 20.7. The molecule has 1 N–H and O–H groups in total. The van der Waals surface area contributed by atoms with Gasteiger partial charge in [-0.3, -0.25) is 9.69 Å². The summed E-state index contributed by atoms with van der Waals surface area (Å²) in [7, 11) is 0. The van der Waals surface area contributed by atoms with E-state index in [1.165, 1.54) is 24.0 Å². The summed E-state index contributed by atoms with van der Waals surface area (Å²) >= 11 is 0. The Hall–Kier alpha value is -3.32. The van der Waals surface area contributed by atoms with E-state index < -0.39 is 0 Å². The molecule has 0 amide bonds. The number of aryl methyl sites for hydroxylation is 3. The molecule has 7 nitrogen and oxygen atoms in total. The third-order valence-corrected chi connectivity index (χ3v) is 7.32. The molecule has 0 aliphatic heterocycles. The number of hydrogen-bond acceptors (Lipinski definition) is 5. The monoisotopic (exact) mass is 470 g/mol. The molecule has 4 aromatic rings. The smallest absolute Gasteiger partial charge is 0.252 e. The molecule has 35 heavy (non-hydrogen) atoms. The van der Waals surface area contributed by atoms with E-state index in [0.29, 0.717) is 12.6 Å². The third-order valence-electron chi connectivity index (χ3n) is 7.32. The van der Waals surface area contributed by atoms with Crippen LogP contribution in [0, 0.1) is 6.92 Å². The molecule has 1 aliphatic carbocycles. The van der Waals surface area contributed by atoms with Gasteiger partial charge in [-0.05, 0) is 72.2 Å². The van der Waals surface area contributed by atoms with Crippen molar-refractivity contribution in [3.05, 3.63) is 87.5 Å². The standard InChI is InChI=1S/C28H34N6O/c1-3-26(27-30-31-32-34(27)16-15-21-9-5-4-6-10-21)33(24-11-7-8-12-24)19-23-18-22-17-20(2)13-14-25(22)29-28(23)35/h4-6,9-10,13-14,17-18,24,26H,3,7-8,11-12,15-16,19H2,1-2H3,(H,29,35). The molecule has 1 aliphatic rings. The van der Waals surface area contributed by atoms with Gasteiger partial charge in [0.1, 0.15) is 0 Å². The molecule has 7 heteroatoms. The van der Waals surface area contributed by atoms with E-state index in [2.05, 4.69) is 75.7 Å². The topological polar surface area (TPSA) is 79.7 Å². The molecule has 1 fully saturated rings. The van der Waals surface area contributed by atoms with Gasteiger partial charge in [0.25, 0.3) is 5.56 Å². The quantitative estimate of drug-likeness (QED) is 0.374. The Labute approximate surface area is 206 Å². The first-order valence-electron chi connectivity index (χ1n) is 12.8. The van der Waals surface area contributed by atoms with Crippen LogP contribution in [-0.2, 0) is 19.5 Å². The number of aromatic nitrogens is 5. The van der Waals surface area contributed by atoms with E-state index >= 15 is 0 Å². The van der Waals surface area contributed by atoms with Crippen LogP contribution in [0.1, 0.15) is 67.6 Å². The zero-order chi connectivity index (χ0) is 24.2. The van der Waals surface area contributed by atoms with E-state index in [1.54, 1.807) is 0 Å². The predicted octanol–water partition coefficient (Wildman–Crippen LogP) is 4.96. The van der Waals surface area contributed by atoms with Crippen molar-refractivity contribution in [1.29, 1.82) is 0 Å². The van der Waals surface area contributed by atoms with Gasteiger partial charge in [0, 0.05) is 30.2 Å². The van der Waals surface area contributed by atoms with Crippen LogP contribution in [0.2, 0.25) is 0 Å². The summed E-state index contributed by atoms with van der Waals surface area (Å²) in [4.78, 5) is 18.6. The van der Waals surface area contributed by atoms with Gasteiger partial charge in [0.15, 0.2) is 5.82 Å². The number of H-pyrrole nitrogens is 1. The average Bonchev–Trinajstić information content (AvgIpc) is 3.56. The van der Waals surface area contributed by atoms with Crippen LogP contribution < -0.4 is 5.56 Å². The maximum atomic E-state index is 13.1. The van der Waals surface area contributed by atoms with Crippen LogP contribution >= 0.6 is 0 Å². The van der Waals surface area contributed by atoms with Gasteiger partial charge in [-0.1, -0.05) is 61.7 Å². The number of pyridine rings is 1. The number of nitrogens with one attached hydrogen (secondary N) is 1. The SMILES string of the molecule is CCC(c1nnnn1CCc1ccccc1)N(Cc1cc2cc(C)ccc2[nH]c1=O)C1CCCC1. The third kappa shape index (κ3) is 5.20. The van der Waals surface area contributed by atoms with Crippen molar-refractivity contribution in [2.75, 3.05) is 0 Å². The molecule has 2 aromatic heterocycles. The lowest BCUT2D eigenvalue weighted by molar-refractivity contribution is 0.112. The Bertz CT molecular complexity index is 1320. The molecule has 0 saturated heterocycles. The molecule has 0 spiro atoms. The van der Waals surface area contributed by atoms with Crippen LogP contribution in [0.4, 0.5) is 0 Å². The van der Waals surface area contributed by atoms with E-state index in [0.717, 1.165) is 54.5 Å². The molecular formula is C28H34N6O. The highest BCUT2D eigenvalue weighted by atomic mass is 16.1. The van der Waals surface area contributed by atoms with Crippen molar-refractivity contribution in [3.63, 3.8) is 0 Å². The summed E-state index contributed by atoms with van der Waals surface area (Å²) in [6, 6.07) is 19.1. The lowest BCUT2D eigenvalue weighted by atomic mass is 10.0. The van der Waals surface area contributed by atoms with Crippen molar-refractivity contribution in [1.82, 2.24) is 30.1 Å². The summed E-state index contributed by atoms with van der Waals surface area (Å²) in [5.74, 6) is 0.892. The maximum Gasteiger partial charge on any atom is 0.252 e. The Morgan fingerprint density at radius 3 is 2.69 bits per heavy atom. The molecule has 1 unspecified atom stereocenters. The highest BCUT2D eigenvalue weighted by Gasteiger charge is 2.32. The van der Waals surface area contributed by atoms with Crippen molar-refractivity contribution in [2.45, 2.75) is 77.5 Å². The van der Waals surface area contributed by atoms with Crippen LogP contribution in [0.5, 0.6) is 0 Å². The first kappa shape index (κ1) is 23.4. The highest BCUT2D eigenvalue weighted by Crippen LogP contribution is 2.33. The van der Waals surface area contributed by atoms with Crippen LogP contribution in [0.25, 0.3) is 10.9 Å².